The van der Waals surface area contributed by atoms with Crippen molar-refractivity contribution in [1.82, 2.24) is 5.32 Å². The summed E-state index contributed by atoms with van der Waals surface area (Å²) in [5.41, 5.74) is 2.32. The smallest absolute Gasteiger partial charge is 0.411 e. The Bertz CT molecular complexity index is 1470. The number of anilines is 1. The average molecular weight is 572 g/mol. The molecule has 2 N–H and O–H groups in total. The molecule has 0 fully saturated rings. The number of nitrogens with zero attached hydrogens (tertiary/aromatic N) is 1. The zero-order valence-corrected chi connectivity index (χ0v) is 22.3. The maximum absolute atomic E-state index is 13.2. The summed E-state index contributed by atoms with van der Waals surface area (Å²) in [5, 5.41) is 13.9. The van der Waals surface area contributed by atoms with Crippen molar-refractivity contribution in [2.24, 2.45) is 0 Å². The van der Waals surface area contributed by atoms with E-state index in [-0.39, 0.29) is 24.5 Å². The lowest BCUT2D eigenvalue weighted by molar-refractivity contribution is -0.121. The van der Waals surface area contributed by atoms with Crippen molar-refractivity contribution in [3.63, 3.8) is 0 Å². The molecular formula is C28H27F2N3O6S. The molecule has 0 radical (unpaired) electrons. The van der Waals surface area contributed by atoms with Gasteiger partial charge in [-0.05, 0) is 41.8 Å². The summed E-state index contributed by atoms with van der Waals surface area (Å²) in [6.45, 7) is -1.54. The van der Waals surface area contributed by atoms with Crippen molar-refractivity contribution in [3.05, 3.63) is 83.9 Å². The van der Waals surface area contributed by atoms with Gasteiger partial charge in [-0.25, -0.2) is 13.2 Å². The highest BCUT2D eigenvalue weighted by molar-refractivity contribution is 7.90. The SMILES string of the molecule is CCOC(=O)Nc1ccc(-c2cccc(C(CS(=O)(=O)Cc3ccccc3OC(F)F)C(=O)NCC#N)c2)cc1. The molecule has 210 valence electrons. The fraction of sp³-hybridized carbons (Fsp3) is 0.250. The van der Waals surface area contributed by atoms with Gasteiger partial charge < -0.3 is 14.8 Å². The van der Waals surface area contributed by atoms with Crippen LogP contribution in [0.2, 0.25) is 0 Å². The summed E-state index contributed by atoms with van der Waals surface area (Å²) in [6, 6.07) is 20.8. The van der Waals surface area contributed by atoms with Gasteiger partial charge in [-0.1, -0.05) is 54.6 Å². The molecule has 1 atom stereocenters. The van der Waals surface area contributed by atoms with Gasteiger partial charge in [0.15, 0.2) is 9.84 Å². The normalized spacial score (nSPS) is 11.8. The minimum absolute atomic E-state index is 0.0317. The van der Waals surface area contributed by atoms with Gasteiger partial charge in [-0.2, -0.15) is 14.0 Å². The molecule has 40 heavy (non-hydrogen) atoms. The van der Waals surface area contributed by atoms with E-state index in [1.165, 1.54) is 24.3 Å². The highest BCUT2D eigenvalue weighted by Crippen LogP contribution is 2.29. The number of carbonyl (C=O) groups is 2. The third kappa shape index (κ3) is 8.78. The lowest BCUT2D eigenvalue weighted by Gasteiger charge is -2.18. The third-order valence-electron chi connectivity index (χ3n) is 5.67. The Hall–Kier alpha value is -4.50. The van der Waals surface area contributed by atoms with E-state index in [9.17, 15) is 26.8 Å². The second kappa shape index (κ2) is 14.0. The largest absolute Gasteiger partial charge is 0.450 e. The minimum atomic E-state index is -4.03. The predicted octanol–water partition coefficient (Wildman–Crippen LogP) is 4.86. The van der Waals surface area contributed by atoms with Crippen LogP contribution in [-0.4, -0.2) is 45.9 Å². The van der Waals surface area contributed by atoms with Crippen LogP contribution in [0.5, 0.6) is 5.75 Å². The van der Waals surface area contributed by atoms with Crippen LogP contribution in [0, 0.1) is 11.3 Å². The van der Waals surface area contributed by atoms with Crippen LogP contribution in [0.3, 0.4) is 0 Å². The molecule has 0 heterocycles. The molecule has 2 amide bonds. The Morgan fingerprint density at radius 2 is 1.73 bits per heavy atom. The molecule has 12 heteroatoms. The van der Waals surface area contributed by atoms with E-state index in [0.717, 1.165) is 5.56 Å². The molecule has 0 spiro atoms. The quantitative estimate of drug-likeness (QED) is 0.297. The number of rotatable bonds is 12. The summed E-state index contributed by atoms with van der Waals surface area (Å²) >= 11 is 0. The summed E-state index contributed by atoms with van der Waals surface area (Å²) in [5.74, 6) is -3.40. The molecule has 0 bridgehead atoms. The number of nitriles is 1. The van der Waals surface area contributed by atoms with E-state index in [1.54, 1.807) is 61.5 Å². The van der Waals surface area contributed by atoms with Gasteiger partial charge in [0.1, 0.15) is 12.3 Å². The number of sulfone groups is 1. The fourth-order valence-corrected chi connectivity index (χ4v) is 5.60. The molecule has 3 aromatic carbocycles. The van der Waals surface area contributed by atoms with Gasteiger partial charge in [-0.3, -0.25) is 10.1 Å². The highest BCUT2D eigenvalue weighted by Gasteiger charge is 2.28. The standard InChI is InChI=1S/C28H27F2N3O6S/c1-2-38-28(35)33-23-12-10-19(11-13-23)20-7-5-8-21(16-20)24(26(34)32-15-14-31)18-40(36,37)17-22-6-3-4-9-25(22)39-27(29)30/h3-13,16,24,27H,2,15,17-18H2,1H3,(H,32,34)(H,33,35). The van der Waals surface area contributed by atoms with Crippen molar-refractivity contribution in [3.8, 4) is 22.9 Å². The number of ether oxygens (including phenoxy) is 2. The molecule has 3 rings (SSSR count). The van der Waals surface area contributed by atoms with Crippen molar-refractivity contribution in [2.75, 3.05) is 24.2 Å². The lowest BCUT2D eigenvalue weighted by Crippen LogP contribution is -2.34. The van der Waals surface area contributed by atoms with Gasteiger partial charge in [0.2, 0.25) is 5.91 Å². The molecule has 0 aliphatic rings. The van der Waals surface area contributed by atoms with Gasteiger partial charge in [-0.15, -0.1) is 0 Å². The first-order chi connectivity index (χ1) is 19.1. The number of amides is 2. The number of hydrogen-bond donors (Lipinski definition) is 2. The number of halogens is 2. The van der Waals surface area contributed by atoms with Gasteiger partial charge in [0.05, 0.1) is 30.1 Å². The van der Waals surface area contributed by atoms with Crippen molar-refractivity contribution in [2.45, 2.75) is 25.2 Å². The van der Waals surface area contributed by atoms with Crippen LogP contribution in [0.15, 0.2) is 72.8 Å². The molecule has 0 aliphatic heterocycles. The summed E-state index contributed by atoms with van der Waals surface area (Å²) < 4.78 is 61.3. The van der Waals surface area contributed by atoms with E-state index in [0.29, 0.717) is 16.8 Å². The minimum Gasteiger partial charge on any atom is -0.450 e. The number of benzene rings is 3. The van der Waals surface area contributed by atoms with Crippen LogP contribution in [-0.2, 0) is 25.1 Å². The molecule has 3 aromatic rings. The first-order valence-corrected chi connectivity index (χ1v) is 14.0. The Balaban J connectivity index is 1.88. The Morgan fingerprint density at radius 1 is 1.00 bits per heavy atom. The molecule has 0 aliphatic carbocycles. The number of nitrogens with one attached hydrogen (secondary N) is 2. The first kappa shape index (κ1) is 30.0. The van der Waals surface area contributed by atoms with Crippen LogP contribution < -0.4 is 15.4 Å². The predicted molar refractivity (Wildman–Crippen MR) is 144 cm³/mol. The Morgan fingerprint density at radius 3 is 2.40 bits per heavy atom. The van der Waals surface area contributed by atoms with Crippen LogP contribution in [0.1, 0.15) is 24.0 Å². The average Bonchev–Trinajstić information content (AvgIpc) is 2.92. The fourth-order valence-electron chi connectivity index (χ4n) is 3.92. The van der Waals surface area contributed by atoms with Gasteiger partial charge in [0.25, 0.3) is 0 Å². The van der Waals surface area contributed by atoms with Crippen molar-refractivity contribution >= 4 is 27.5 Å². The summed E-state index contributed by atoms with van der Waals surface area (Å²) in [6.07, 6.45) is -0.590. The number of alkyl halides is 2. The Labute approximate surface area is 230 Å². The number of hydrogen-bond acceptors (Lipinski definition) is 7. The first-order valence-electron chi connectivity index (χ1n) is 12.1. The number of carbonyl (C=O) groups excluding carboxylic acids is 2. The van der Waals surface area contributed by atoms with Crippen molar-refractivity contribution < 1.29 is 36.3 Å². The molecule has 1 unspecified atom stereocenters. The zero-order valence-electron chi connectivity index (χ0n) is 21.5. The monoisotopic (exact) mass is 571 g/mol. The van der Waals surface area contributed by atoms with Gasteiger partial charge in [0, 0.05) is 11.3 Å². The topological polar surface area (TPSA) is 135 Å². The summed E-state index contributed by atoms with van der Waals surface area (Å²) in [7, 11) is -4.03. The molecule has 0 aromatic heterocycles. The van der Waals surface area contributed by atoms with E-state index in [4.69, 9.17) is 10.00 Å². The molecule has 0 saturated carbocycles. The third-order valence-corrected chi connectivity index (χ3v) is 7.26. The van der Waals surface area contributed by atoms with Crippen LogP contribution in [0.25, 0.3) is 11.1 Å². The second-order valence-electron chi connectivity index (χ2n) is 8.52. The molecule has 9 nitrogen and oxygen atoms in total. The lowest BCUT2D eigenvalue weighted by atomic mass is 9.95. The second-order valence-corrected chi connectivity index (χ2v) is 10.6. The Kier molecular flexibility index (Phi) is 10.6. The van der Waals surface area contributed by atoms with Crippen LogP contribution >= 0.6 is 0 Å². The van der Waals surface area contributed by atoms with E-state index < -0.39 is 45.9 Å². The van der Waals surface area contributed by atoms with E-state index in [1.807, 2.05) is 0 Å². The highest BCUT2D eigenvalue weighted by atomic mass is 32.2. The van der Waals surface area contributed by atoms with Gasteiger partial charge >= 0.3 is 12.7 Å². The molecular weight excluding hydrogens is 544 g/mol. The van der Waals surface area contributed by atoms with Crippen LogP contribution in [0.4, 0.5) is 19.3 Å². The zero-order chi connectivity index (χ0) is 29.1. The summed E-state index contributed by atoms with van der Waals surface area (Å²) in [4.78, 5) is 24.6. The molecule has 0 saturated heterocycles. The van der Waals surface area contributed by atoms with E-state index >= 15 is 0 Å². The maximum Gasteiger partial charge on any atom is 0.411 e. The van der Waals surface area contributed by atoms with E-state index in [2.05, 4.69) is 15.4 Å². The van der Waals surface area contributed by atoms with Crippen molar-refractivity contribution in [1.29, 1.82) is 5.26 Å². The maximum atomic E-state index is 13.2. The number of para-hydroxylation sites is 1.